The Bertz CT molecular complexity index is 762. The van der Waals surface area contributed by atoms with Crippen molar-refractivity contribution in [3.63, 3.8) is 0 Å². The standard InChI is InChI=1S/C19H24N4O4/c1-25-16-4-2-15(3-5-16)21-6-8-23(9-7-21)19(24)17-14-18(27-20-17)22-10-12-26-13-11-22/h2-5,14H,6-13H2,1H3. The second-order valence-electron chi connectivity index (χ2n) is 6.63. The Kier molecular flexibility index (Phi) is 5.15. The van der Waals surface area contributed by atoms with E-state index in [-0.39, 0.29) is 5.91 Å². The zero-order valence-corrected chi connectivity index (χ0v) is 15.5. The van der Waals surface area contributed by atoms with Crippen molar-refractivity contribution >= 4 is 17.5 Å². The third-order valence-corrected chi connectivity index (χ3v) is 5.04. The summed E-state index contributed by atoms with van der Waals surface area (Å²) in [6.07, 6.45) is 0. The predicted molar refractivity (Wildman–Crippen MR) is 101 cm³/mol. The van der Waals surface area contributed by atoms with Crippen LogP contribution in [0.4, 0.5) is 11.6 Å². The summed E-state index contributed by atoms with van der Waals surface area (Å²) in [5.74, 6) is 1.40. The van der Waals surface area contributed by atoms with Crippen LogP contribution in [-0.4, -0.2) is 75.6 Å². The van der Waals surface area contributed by atoms with Gasteiger partial charge in [0.25, 0.3) is 5.91 Å². The van der Waals surface area contributed by atoms with Gasteiger partial charge in [0.15, 0.2) is 5.69 Å². The van der Waals surface area contributed by atoms with Crippen LogP contribution < -0.4 is 14.5 Å². The fraction of sp³-hybridized carbons (Fsp3) is 0.474. The van der Waals surface area contributed by atoms with E-state index in [4.69, 9.17) is 14.0 Å². The number of anilines is 2. The van der Waals surface area contributed by atoms with E-state index in [1.165, 1.54) is 0 Å². The van der Waals surface area contributed by atoms with Crippen LogP contribution in [0.1, 0.15) is 10.5 Å². The van der Waals surface area contributed by atoms with Crippen LogP contribution in [0.25, 0.3) is 0 Å². The molecule has 8 heteroatoms. The minimum Gasteiger partial charge on any atom is -0.497 e. The van der Waals surface area contributed by atoms with Gasteiger partial charge in [-0.1, -0.05) is 5.16 Å². The Morgan fingerprint density at radius 2 is 1.70 bits per heavy atom. The maximum atomic E-state index is 12.7. The number of carbonyl (C=O) groups excluding carboxylic acids is 1. The average molecular weight is 372 g/mol. The first-order valence-electron chi connectivity index (χ1n) is 9.22. The molecular weight excluding hydrogens is 348 g/mol. The van der Waals surface area contributed by atoms with Gasteiger partial charge in [0.2, 0.25) is 5.88 Å². The SMILES string of the molecule is COc1ccc(N2CCN(C(=O)c3cc(N4CCOCC4)on3)CC2)cc1. The second-order valence-corrected chi connectivity index (χ2v) is 6.63. The quantitative estimate of drug-likeness (QED) is 0.805. The van der Waals surface area contributed by atoms with E-state index in [1.54, 1.807) is 13.2 Å². The molecule has 0 unspecified atom stereocenters. The van der Waals surface area contributed by atoms with Crippen molar-refractivity contribution < 1.29 is 18.8 Å². The molecule has 1 aromatic heterocycles. The van der Waals surface area contributed by atoms with Gasteiger partial charge >= 0.3 is 0 Å². The second kappa shape index (κ2) is 7.87. The van der Waals surface area contributed by atoms with Crippen molar-refractivity contribution in [3.8, 4) is 5.75 Å². The summed E-state index contributed by atoms with van der Waals surface area (Å²) in [6.45, 7) is 5.72. The van der Waals surface area contributed by atoms with Gasteiger partial charge < -0.3 is 28.7 Å². The molecular formula is C19H24N4O4. The van der Waals surface area contributed by atoms with Gasteiger partial charge in [0.1, 0.15) is 5.75 Å². The zero-order chi connectivity index (χ0) is 18.6. The summed E-state index contributed by atoms with van der Waals surface area (Å²) < 4.78 is 15.9. The van der Waals surface area contributed by atoms with Gasteiger partial charge in [-0.25, -0.2) is 0 Å². The first-order chi connectivity index (χ1) is 13.2. The summed E-state index contributed by atoms with van der Waals surface area (Å²) in [7, 11) is 1.66. The lowest BCUT2D eigenvalue weighted by Gasteiger charge is -2.35. The monoisotopic (exact) mass is 372 g/mol. The summed E-state index contributed by atoms with van der Waals surface area (Å²) in [6, 6.07) is 9.74. The van der Waals surface area contributed by atoms with Crippen LogP contribution in [0.15, 0.2) is 34.9 Å². The Morgan fingerprint density at radius 1 is 1.00 bits per heavy atom. The fourth-order valence-electron chi connectivity index (χ4n) is 3.42. The number of hydrogen-bond acceptors (Lipinski definition) is 7. The molecule has 4 rings (SSSR count). The van der Waals surface area contributed by atoms with E-state index in [2.05, 4.69) is 15.0 Å². The minimum absolute atomic E-state index is 0.0763. The van der Waals surface area contributed by atoms with Crippen LogP contribution in [-0.2, 0) is 4.74 Å². The number of methoxy groups -OCH3 is 1. The molecule has 3 heterocycles. The Hall–Kier alpha value is -2.74. The maximum Gasteiger partial charge on any atom is 0.276 e. The normalized spacial score (nSPS) is 17.9. The Balaban J connectivity index is 1.35. The molecule has 2 aliphatic rings. The van der Waals surface area contributed by atoms with Crippen LogP contribution in [0.5, 0.6) is 5.75 Å². The highest BCUT2D eigenvalue weighted by Gasteiger charge is 2.26. The summed E-state index contributed by atoms with van der Waals surface area (Å²) >= 11 is 0. The molecule has 0 aliphatic carbocycles. The molecule has 1 amide bonds. The molecule has 0 bridgehead atoms. The van der Waals surface area contributed by atoms with Crippen molar-refractivity contribution in [1.29, 1.82) is 0 Å². The number of amides is 1. The number of carbonyl (C=O) groups is 1. The highest BCUT2D eigenvalue weighted by Crippen LogP contribution is 2.22. The highest BCUT2D eigenvalue weighted by atomic mass is 16.5. The zero-order valence-electron chi connectivity index (χ0n) is 15.5. The summed E-state index contributed by atoms with van der Waals surface area (Å²) in [5.41, 5.74) is 1.51. The van der Waals surface area contributed by atoms with Gasteiger partial charge in [0.05, 0.1) is 20.3 Å². The molecule has 2 aromatic rings. The molecule has 8 nitrogen and oxygen atoms in total. The van der Waals surface area contributed by atoms with Crippen molar-refractivity contribution in [2.45, 2.75) is 0 Å². The molecule has 0 saturated carbocycles. The Labute approximate surface area is 158 Å². The topological polar surface area (TPSA) is 71.3 Å². The summed E-state index contributed by atoms with van der Waals surface area (Å²) in [4.78, 5) is 18.9. The molecule has 27 heavy (non-hydrogen) atoms. The van der Waals surface area contributed by atoms with Crippen molar-refractivity contribution in [2.75, 3.05) is 69.4 Å². The fourth-order valence-corrected chi connectivity index (χ4v) is 3.42. The number of piperazine rings is 1. The van der Waals surface area contributed by atoms with Crippen molar-refractivity contribution in [1.82, 2.24) is 10.1 Å². The number of nitrogens with zero attached hydrogens (tertiary/aromatic N) is 4. The van der Waals surface area contributed by atoms with Crippen LogP contribution in [0.2, 0.25) is 0 Å². The molecule has 2 saturated heterocycles. The highest BCUT2D eigenvalue weighted by molar-refractivity contribution is 5.93. The van der Waals surface area contributed by atoms with Gasteiger partial charge in [-0.2, -0.15) is 0 Å². The lowest BCUT2D eigenvalue weighted by molar-refractivity contribution is 0.0736. The minimum atomic E-state index is -0.0763. The van der Waals surface area contributed by atoms with E-state index in [1.807, 2.05) is 29.2 Å². The van der Waals surface area contributed by atoms with Gasteiger partial charge in [-0.05, 0) is 24.3 Å². The molecule has 0 atom stereocenters. The van der Waals surface area contributed by atoms with Crippen LogP contribution in [0.3, 0.4) is 0 Å². The molecule has 0 spiro atoms. The smallest absolute Gasteiger partial charge is 0.276 e. The van der Waals surface area contributed by atoms with Crippen LogP contribution >= 0.6 is 0 Å². The van der Waals surface area contributed by atoms with E-state index >= 15 is 0 Å². The van der Waals surface area contributed by atoms with Gasteiger partial charge in [0, 0.05) is 51.0 Å². The number of ether oxygens (including phenoxy) is 2. The Morgan fingerprint density at radius 3 is 2.37 bits per heavy atom. The van der Waals surface area contributed by atoms with Gasteiger partial charge in [-0.15, -0.1) is 0 Å². The van der Waals surface area contributed by atoms with E-state index in [0.29, 0.717) is 37.9 Å². The molecule has 144 valence electrons. The first kappa shape index (κ1) is 17.7. The van der Waals surface area contributed by atoms with E-state index in [0.717, 1.165) is 37.6 Å². The maximum absolute atomic E-state index is 12.7. The van der Waals surface area contributed by atoms with E-state index < -0.39 is 0 Å². The first-order valence-corrected chi connectivity index (χ1v) is 9.22. The molecule has 0 radical (unpaired) electrons. The molecule has 0 N–H and O–H groups in total. The van der Waals surface area contributed by atoms with Gasteiger partial charge in [-0.3, -0.25) is 4.79 Å². The number of aromatic nitrogens is 1. The van der Waals surface area contributed by atoms with Crippen molar-refractivity contribution in [2.24, 2.45) is 0 Å². The number of hydrogen-bond donors (Lipinski definition) is 0. The van der Waals surface area contributed by atoms with Crippen molar-refractivity contribution in [3.05, 3.63) is 36.0 Å². The number of morpholine rings is 1. The largest absolute Gasteiger partial charge is 0.497 e. The lowest BCUT2D eigenvalue weighted by atomic mass is 10.2. The third kappa shape index (κ3) is 3.85. The summed E-state index contributed by atoms with van der Waals surface area (Å²) in [5, 5.41) is 3.99. The predicted octanol–water partition coefficient (Wildman–Crippen LogP) is 1.48. The third-order valence-electron chi connectivity index (χ3n) is 5.04. The molecule has 1 aromatic carbocycles. The molecule has 2 aliphatic heterocycles. The molecule has 2 fully saturated rings. The van der Waals surface area contributed by atoms with Crippen LogP contribution in [0, 0.1) is 0 Å². The number of benzene rings is 1. The number of rotatable bonds is 4. The average Bonchev–Trinajstić information content (AvgIpc) is 3.24. The van der Waals surface area contributed by atoms with E-state index in [9.17, 15) is 4.79 Å². The lowest BCUT2D eigenvalue weighted by Crippen LogP contribution is -2.48.